The van der Waals surface area contributed by atoms with Gasteiger partial charge >= 0.3 is 0 Å². The Labute approximate surface area is 205 Å². The summed E-state index contributed by atoms with van der Waals surface area (Å²) in [5.74, 6) is 2.23. The molecule has 1 N–H and O–H groups in total. The molecule has 0 atom stereocenters. The summed E-state index contributed by atoms with van der Waals surface area (Å²) < 4.78 is 13.2. The fourth-order valence-electron chi connectivity index (χ4n) is 3.13. The molecule has 2 aromatic carbocycles. The van der Waals surface area contributed by atoms with Crippen molar-refractivity contribution < 1.29 is 19.1 Å². The van der Waals surface area contributed by atoms with Crippen molar-refractivity contribution in [2.45, 2.75) is 24.9 Å². The highest BCUT2D eigenvalue weighted by molar-refractivity contribution is 9.10. The molecule has 0 bridgehead atoms. The van der Waals surface area contributed by atoms with E-state index < -0.39 is 0 Å². The van der Waals surface area contributed by atoms with E-state index >= 15 is 0 Å². The van der Waals surface area contributed by atoms with Gasteiger partial charge in [-0.3, -0.25) is 14.2 Å². The van der Waals surface area contributed by atoms with E-state index in [1.54, 1.807) is 32.4 Å². The largest absolute Gasteiger partial charge is 0.497 e. The number of amides is 1. The maximum Gasteiger partial charge on any atom is 0.216 e. The standard InChI is InChI=1S/C23H25BrN4O4S/c1-15(29)25-11-5-8-22-26-27-23(28(22)17-6-4-7-18(13-17)31-2)33-14-20(30)16-9-10-21(32-3)19(24)12-16/h4,6-7,9-10,12-13H,5,8,11,14H2,1-3H3,(H,25,29). The Balaban J connectivity index is 1.80. The van der Waals surface area contributed by atoms with Gasteiger partial charge in [-0.05, 0) is 52.7 Å². The van der Waals surface area contributed by atoms with Crippen molar-refractivity contribution in [3.05, 3.63) is 58.3 Å². The molecule has 174 valence electrons. The quantitative estimate of drug-likeness (QED) is 0.225. The number of methoxy groups -OCH3 is 2. The maximum atomic E-state index is 12.8. The number of thioether (sulfide) groups is 1. The molecule has 3 aromatic rings. The van der Waals surface area contributed by atoms with E-state index in [4.69, 9.17) is 9.47 Å². The number of nitrogens with zero attached hydrogens (tertiary/aromatic N) is 3. The zero-order valence-corrected chi connectivity index (χ0v) is 21.0. The molecule has 8 nitrogen and oxygen atoms in total. The molecule has 0 spiro atoms. The van der Waals surface area contributed by atoms with E-state index in [-0.39, 0.29) is 17.4 Å². The lowest BCUT2D eigenvalue weighted by molar-refractivity contribution is -0.118. The Morgan fingerprint density at radius 3 is 2.64 bits per heavy atom. The van der Waals surface area contributed by atoms with Crippen LogP contribution < -0.4 is 14.8 Å². The lowest BCUT2D eigenvalue weighted by Crippen LogP contribution is -2.21. The van der Waals surface area contributed by atoms with Gasteiger partial charge < -0.3 is 14.8 Å². The third-order valence-electron chi connectivity index (χ3n) is 4.77. The van der Waals surface area contributed by atoms with Crippen LogP contribution in [0.3, 0.4) is 0 Å². The van der Waals surface area contributed by atoms with Crippen LogP contribution in [0, 0.1) is 0 Å². The van der Waals surface area contributed by atoms with Crippen molar-refractivity contribution in [1.82, 2.24) is 20.1 Å². The Hall–Kier alpha value is -2.85. The topological polar surface area (TPSA) is 95.3 Å². The van der Waals surface area contributed by atoms with Gasteiger partial charge in [0.1, 0.15) is 17.3 Å². The van der Waals surface area contributed by atoms with Crippen LogP contribution in [0.1, 0.15) is 29.5 Å². The number of aromatic nitrogens is 3. The van der Waals surface area contributed by atoms with E-state index in [9.17, 15) is 9.59 Å². The minimum atomic E-state index is -0.0656. The second kappa shape index (κ2) is 11.9. The Morgan fingerprint density at radius 1 is 1.12 bits per heavy atom. The first-order valence-electron chi connectivity index (χ1n) is 10.3. The number of benzene rings is 2. The van der Waals surface area contributed by atoms with Gasteiger partial charge in [-0.15, -0.1) is 10.2 Å². The van der Waals surface area contributed by atoms with Crippen LogP contribution in [-0.4, -0.2) is 53.0 Å². The molecule has 0 unspecified atom stereocenters. The number of rotatable bonds is 11. The Bertz CT molecular complexity index is 1140. The molecule has 10 heteroatoms. The third kappa shape index (κ3) is 6.58. The summed E-state index contributed by atoms with van der Waals surface area (Å²) >= 11 is 4.74. The normalized spacial score (nSPS) is 10.7. The first kappa shape index (κ1) is 24.8. The number of carbonyl (C=O) groups is 2. The number of Topliss-reactive ketones (excluding diaryl/α,β-unsaturated/α-hetero) is 1. The summed E-state index contributed by atoms with van der Waals surface area (Å²) in [6.45, 7) is 2.04. The number of hydrogen-bond donors (Lipinski definition) is 1. The molecular weight excluding hydrogens is 508 g/mol. The number of carbonyl (C=O) groups excluding carboxylic acids is 2. The zero-order chi connectivity index (χ0) is 23.8. The number of ketones is 1. The van der Waals surface area contributed by atoms with E-state index in [0.29, 0.717) is 41.6 Å². The van der Waals surface area contributed by atoms with Crippen molar-refractivity contribution in [2.75, 3.05) is 26.5 Å². The summed E-state index contributed by atoms with van der Waals surface area (Å²) in [6.07, 6.45) is 1.33. The second-order valence-corrected chi connectivity index (χ2v) is 8.88. The summed E-state index contributed by atoms with van der Waals surface area (Å²) in [5, 5.41) is 12.1. The lowest BCUT2D eigenvalue weighted by atomic mass is 10.1. The van der Waals surface area contributed by atoms with Crippen LogP contribution in [0.2, 0.25) is 0 Å². The van der Waals surface area contributed by atoms with Gasteiger partial charge in [0.15, 0.2) is 10.9 Å². The molecule has 0 aliphatic heterocycles. The van der Waals surface area contributed by atoms with Crippen LogP contribution in [0.5, 0.6) is 11.5 Å². The summed E-state index contributed by atoms with van der Waals surface area (Å²) in [4.78, 5) is 23.9. The zero-order valence-electron chi connectivity index (χ0n) is 18.6. The van der Waals surface area contributed by atoms with Crippen molar-refractivity contribution in [3.8, 4) is 17.2 Å². The minimum absolute atomic E-state index is 0.0317. The monoisotopic (exact) mass is 532 g/mol. The van der Waals surface area contributed by atoms with Gasteiger partial charge in [0.2, 0.25) is 5.91 Å². The molecule has 1 aromatic heterocycles. The molecule has 33 heavy (non-hydrogen) atoms. The van der Waals surface area contributed by atoms with Crippen molar-refractivity contribution in [3.63, 3.8) is 0 Å². The molecule has 3 rings (SSSR count). The molecule has 1 amide bonds. The van der Waals surface area contributed by atoms with Crippen LogP contribution in [0.25, 0.3) is 5.69 Å². The third-order valence-corrected chi connectivity index (χ3v) is 6.32. The second-order valence-electron chi connectivity index (χ2n) is 7.08. The molecule has 1 heterocycles. The SMILES string of the molecule is COc1cccc(-n2c(CCCNC(C)=O)nnc2SCC(=O)c2ccc(OC)c(Br)c2)c1. The Kier molecular flexibility index (Phi) is 8.90. The van der Waals surface area contributed by atoms with Gasteiger partial charge in [-0.25, -0.2) is 0 Å². The van der Waals surface area contributed by atoms with Crippen LogP contribution in [-0.2, 0) is 11.2 Å². The smallest absolute Gasteiger partial charge is 0.216 e. The van der Waals surface area contributed by atoms with Crippen molar-refractivity contribution in [2.24, 2.45) is 0 Å². The lowest BCUT2D eigenvalue weighted by Gasteiger charge is -2.12. The molecule has 0 radical (unpaired) electrons. The van der Waals surface area contributed by atoms with E-state index in [1.807, 2.05) is 28.8 Å². The summed E-state index contributed by atoms with van der Waals surface area (Å²) in [7, 11) is 3.19. The number of ether oxygens (including phenoxy) is 2. The molecule has 0 aliphatic carbocycles. The van der Waals surface area contributed by atoms with Gasteiger partial charge in [0, 0.05) is 31.5 Å². The van der Waals surface area contributed by atoms with Crippen molar-refractivity contribution >= 4 is 39.4 Å². The predicted octanol–water partition coefficient (Wildman–Crippen LogP) is 4.09. The average molecular weight is 533 g/mol. The molecule has 0 saturated heterocycles. The highest BCUT2D eigenvalue weighted by atomic mass is 79.9. The number of nitrogens with one attached hydrogen (secondary N) is 1. The van der Waals surface area contributed by atoms with Gasteiger partial charge in [0.05, 0.1) is 30.1 Å². The van der Waals surface area contributed by atoms with Gasteiger partial charge in [-0.1, -0.05) is 17.8 Å². The fourth-order valence-corrected chi connectivity index (χ4v) is 4.53. The number of aryl methyl sites for hydroxylation is 1. The molecular formula is C23H25BrN4O4S. The Morgan fingerprint density at radius 2 is 1.94 bits per heavy atom. The average Bonchev–Trinajstić information content (AvgIpc) is 3.22. The van der Waals surface area contributed by atoms with E-state index in [0.717, 1.165) is 16.0 Å². The van der Waals surface area contributed by atoms with E-state index in [2.05, 4.69) is 31.4 Å². The fraction of sp³-hybridized carbons (Fsp3) is 0.304. The van der Waals surface area contributed by atoms with Crippen LogP contribution >= 0.6 is 27.7 Å². The molecule has 0 saturated carbocycles. The van der Waals surface area contributed by atoms with Gasteiger partial charge in [-0.2, -0.15) is 0 Å². The maximum absolute atomic E-state index is 12.8. The number of hydrogen-bond acceptors (Lipinski definition) is 7. The molecule has 0 fully saturated rings. The summed E-state index contributed by atoms with van der Waals surface area (Å²) in [5.41, 5.74) is 1.43. The minimum Gasteiger partial charge on any atom is -0.497 e. The first-order valence-corrected chi connectivity index (χ1v) is 12.0. The van der Waals surface area contributed by atoms with Crippen LogP contribution in [0.15, 0.2) is 52.1 Å². The number of halogens is 1. The van der Waals surface area contributed by atoms with E-state index in [1.165, 1.54) is 18.7 Å². The highest BCUT2D eigenvalue weighted by Gasteiger charge is 2.17. The first-order chi connectivity index (χ1) is 15.9. The summed E-state index contributed by atoms with van der Waals surface area (Å²) in [6, 6.07) is 12.8. The van der Waals surface area contributed by atoms with Crippen molar-refractivity contribution in [1.29, 1.82) is 0 Å². The molecule has 0 aliphatic rings. The predicted molar refractivity (Wildman–Crippen MR) is 131 cm³/mol. The van der Waals surface area contributed by atoms with Gasteiger partial charge in [0.25, 0.3) is 0 Å². The van der Waals surface area contributed by atoms with Crippen LogP contribution in [0.4, 0.5) is 0 Å². The highest BCUT2D eigenvalue weighted by Crippen LogP contribution is 2.28.